The van der Waals surface area contributed by atoms with Gasteiger partial charge in [-0.05, 0) is 35.9 Å². The topological polar surface area (TPSA) is 29.5 Å². The highest BCUT2D eigenvalue weighted by Gasteiger charge is 2.33. The minimum absolute atomic E-state index is 0.0148. The summed E-state index contributed by atoms with van der Waals surface area (Å²) in [6.45, 7) is 2.96. The molecule has 20 heavy (non-hydrogen) atoms. The molecule has 1 aromatic heterocycles. The first-order chi connectivity index (χ1) is 9.81. The number of rotatable bonds is 2. The number of carbonyl (C=O) groups is 1. The van der Waals surface area contributed by atoms with Gasteiger partial charge in [0.15, 0.2) is 0 Å². The molecule has 2 heterocycles. The molecule has 1 aliphatic heterocycles. The molecule has 1 aliphatic rings. The molecule has 0 fully saturated rings. The SMILES string of the molecule is CCOC(=O)N1CCc2ccccc2C1c1cccs1. The van der Waals surface area contributed by atoms with Gasteiger partial charge in [0.05, 0.1) is 12.6 Å². The van der Waals surface area contributed by atoms with E-state index in [1.54, 1.807) is 11.3 Å². The second-order valence-electron chi connectivity index (χ2n) is 4.76. The van der Waals surface area contributed by atoms with Crippen molar-refractivity contribution in [1.29, 1.82) is 0 Å². The molecule has 1 aromatic carbocycles. The lowest BCUT2D eigenvalue weighted by molar-refractivity contribution is 0.0943. The Morgan fingerprint density at radius 1 is 1.35 bits per heavy atom. The second kappa shape index (κ2) is 5.67. The highest BCUT2D eigenvalue weighted by molar-refractivity contribution is 7.10. The average Bonchev–Trinajstić information content (AvgIpc) is 3.00. The smallest absolute Gasteiger partial charge is 0.410 e. The summed E-state index contributed by atoms with van der Waals surface area (Å²) >= 11 is 1.68. The van der Waals surface area contributed by atoms with Gasteiger partial charge in [-0.1, -0.05) is 30.3 Å². The summed E-state index contributed by atoms with van der Waals surface area (Å²) in [5, 5.41) is 2.05. The molecule has 0 saturated heterocycles. The lowest BCUT2D eigenvalue weighted by atomic mass is 9.92. The van der Waals surface area contributed by atoms with Crippen LogP contribution in [-0.2, 0) is 11.2 Å². The van der Waals surface area contributed by atoms with E-state index in [2.05, 4.69) is 29.6 Å². The van der Waals surface area contributed by atoms with Crippen LogP contribution in [0.15, 0.2) is 41.8 Å². The zero-order valence-corrected chi connectivity index (χ0v) is 12.2. The van der Waals surface area contributed by atoms with Crippen molar-refractivity contribution in [3.63, 3.8) is 0 Å². The van der Waals surface area contributed by atoms with Crippen LogP contribution >= 0.6 is 11.3 Å². The van der Waals surface area contributed by atoms with Crippen molar-refractivity contribution in [1.82, 2.24) is 4.90 Å². The lowest BCUT2D eigenvalue weighted by Crippen LogP contribution is -2.40. The van der Waals surface area contributed by atoms with Crippen LogP contribution in [-0.4, -0.2) is 24.1 Å². The van der Waals surface area contributed by atoms with Crippen molar-refractivity contribution < 1.29 is 9.53 Å². The molecular weight excluding hydrogens is 270 g/mol. The Balaban J connectivity index is 2.03. The largest absolute Gasteiger partial charge is 0.450 e. The molecule has 2 aromatic rings. The molecule has 3 rings (SSSR count). The van der Waals surface area contributed by atoms with E-state index in [1.165, 1.54) is 16.0 Å². The summed E-state index contributed by atoms with van der Waals surface area (Å²) in [5.74, 6) is 0. The van der Waals surface area contributed by atoms with Crippen molar-refractivity contribution >= 4 is 17.4 Å². The number of carbonyl (C=O) groups excluding carboxylic acids is 1. The second-order valence-corrected chi connectivity index (χ2v) is 5.74. The van der Waals surface area contributed by atoms with Gasteiger partial charge in [0.25, 0.3) is 0 Å². The van der Waals surface area contributed by atoms with Gasteiger partial charge in [-0.3, -0.25) is 4.90 Å². The Morgan fingerprint density at radius 2 is 2.20 bits per heavy atom. The van der Waals surface area contributed by atoms with Gasteiger partial charge in [-0.15, -0.1) is 11.3 Å². The molecule has 0 N–H and O–H groups in total. The Hall–Kier alpha value is -1.81. The number of amides is 1. The van der Waals surface area contributed by atoms with E-state index < -0.39 is 0 Å². The summed E-state index contributed by atoms with van der Waals surface area (Å²) in [7, 11) is 0. The maximum Gasteiger partial charge on any atom is 0.410 e. The normalized spacial score (nSPS) is 17.6. The molecule has 0 radical (unpaired) electrons. The predicted molar refractivity (Wildman–Crippen MR) is 80.0 cm³/mol. The number of nitrogens with zero attached hydrogens (tertiary/aromatic N) is 1. The zero-order valence-electron chi connectivity index (χ0n) is 11.4. The molecule has 1 atom stereocenters. The van der Waals surface area contributed by atoms with Crippen LogP contribution in [0.3, 0.4) is 0 Å². The van der Waals surface area contributed by atoms with E-state index in [0.29, 0.717) is 13.2 Å². The van der Waals surface area contributed by atoms with E-state index >= 15 is 0 Å². The van der Waals surface area contributed by atoms with Crippen molar-refractivity contribution in [3.05, 3.63) is 57.8 Å². The Kier molecular flexibility index (Phi) is 3.74. The first-order valence-electron chi connectivity index (χ1n) is 6.86. The van der Waals surface area contributed by atoms with E-state index in [0.717, 1.165) is 6.42 Å². The standard InChI is InChI=1S/C16H17NO2S/c1-2-19-16(18)17-10-9-12-6-3-4-7-13(12)15(17)14-8-5-11-20-14/h3-8,11,15H,2,9-10H2,1H3. The van der Waals surface area contributed by atoms with Crippen LogP contribution in [0.1, 0.15) is 29.0 Å². The number of ether oxygens (including phenoxy) is 1. The fourth-order valence-electron chi connectivity index (χ4n) is 2.72. The highest BCUT2D eigenvalue weighted by atomic mass is 32.1. The average molecular weight is 287 g/mol. The van der Waals surface area contributed by atoms with Crippen molar-refractivity contribution in [2.45, 2.75) is 19.4 Å². The number of fused-ring (bicyclic) bond motifs is 1. The van der Waals surface area contributed by atoms with Crippen molar-refractivity contribution in [3.8, 4) is 0 Å². The van der Waals surface area contributed by atoms with Gasteiger partial charge in [-0.25, -0.2) is 4.79 Å². The van der Waals surface area contributed by atoms with Gasteiger partial charge in [-0.2, -0.15) is 0 Å². The molecule has 0 spiro atoms. The molecule has 1 unspecified atom stereocenters. The molecule has 0 saturated carbocycles. The van der Waals surface area contributed by atoms with Crippen LogP contribution in [0.2, 0.25) is 0 Å². The summed E-state index contributed by atoms with van der Waals surface area (Å²) in [4.78, 5) is 15.3. The van der Waals surface area contributed by atoms with Gasteiger partial charge in [0.2, 0.25) is 0 Å². The van der Waals surface area contributed by atoms with Crippen LogP contribution in [0.25, 0.3) is 0 Å². The first-order valence-corrected chi connectivity index (χ1v) is 7.74. The molecule has 4 heteroatoms. The summed E-state index contributed by atoms with van der Waals surface area (Å²) in [6, 6.07) is 12.5. The monoisotopic (exact) mass is 287 g/mol. The van der Waals surface area contributed by atoms with Crippen LogP contribution in [0.4, 0.5) is 4.79 Å². The van der Waals surface area contributed by atoms with Crippen molar-refractivity contribution in [2.75, 3.05) is 13.2 Å². The van der Waals surface area contributed by atoms with E-state index in [4.69, 9.17) is 4.74 Å². The maximum absolute atomic E-state index is 12.2. The van der Waals surface area contributed by atoms with Crippen molar-refractivity contribution in [2.24, 2.45) is 0 Å². The first kappa shape index (κ1) is 13.2. The quantitative estimate of drug-likeness (QED) is 0.839. The number of thiophene rings is 1. The molecule has 104 valence electrons. The number of hydrogen-bond donors (Lipinski definition) is 0. The van der Waals surface area contributed by atoms with Gasteiger partial charge >= 0.3 is 6.09 Å². The fourth-order valence-corrected chi connectivity index (χ4v) is 3.58. The minimum atomic E-state index is -0.222. The third kappa shape index (κ3) is 2.31. The Labute approximate surface area is 122 Å². The van der Waals surface area contributed by atoms with E-state index in [1.807, 2.05) is 24.0 Å². The van der Waals surface area contributed by atoms with Gasteiger partial charge in [0.1, 0.15) is 0 Å². The fraction of sp³-hybridized carbons (Fsp3) is 0.312. The zero-order chi connectivity index (χ0) is 13.9. The van der Waals surface area contributed by atoms with Crippen LogP contribution in [0, 0.1) is 0 Å². The highest BCUT2D eigenvalue weighted by Crippen LogP contribution is 2.37. The molecule has 1 amide bonds. The predicted octanol–water partition coefficient (Wildman–Crippen LogP) is 3.85. The van der Waals surface area contributed by atoms with E-state index in [-0.39, 0.29) is 12.1 Å². The summed E-state index contributed by atoms with van der Waals surface area (Å²) < 4.78 is 5.22. The molecular formula is C16H17NO2S. The maximum atomic E-state index is 12.2. The number of benzene rings is 1. The number of hydrogen-bond acceptors (Lipinski definition) is 3. The van der Waals surface area contributed by atoms with E-state index in [9.17, 15) is 4.79 Å². The molecule has 0 aliphatic carbocycles. The third-order valence-corrected chi connectivity index (χ3v) is 4.52. The molecule has 3 nitrogen and oxygen atoms in total. The Bertz CT molecular complexity index is 594. The molecule has 0 bridgehead atoms. The van der Waals surface area contributed by atoms with Gasteiger partial charge in [0, 0.05) is 11.4 Å². The summed E-state index contributed by atoms with van der Waals surface area (Å²) in [6.07, 6.45) is 0.664. The minimum Gasteiger partial charge on any atom is -0.450 e. The van der Waals surface area contributed by atoms with Gasteiger partial charge < -0.3 is 4.74 Å². The summed E-state index contributed by atoms with van der Waals surface area (Å²) in [5.41, 5.74) is 2.54. The van der Waals surface area contributed by atoms with Crippen LogP contribution < -0.4 is 0 Å². The third-order valence-electron chi connectivity index (χ3n) is 3.60. The Morgan fingerprint density at radius 3 is 2.95 bits per heavy atom. The van der Waals surface area contributed by atoms with Crippen LogP contribution in [0.5, 0.6) is 0 Å². The lowest BCUT2D eigenvalue weighted by Gasteiger charge is -2.36.